The molecule has 15 heavy (non-hydrogen) atoms. The van der Waals surface area contributed by atoms with Gasteiger partial charge in [0.1, 0.15) is 5.41 Å². The molecule has 5 heteroatoms. The zero-order chi connectivity index (χ0) is 11.5. The number of hydrogen-bond donors (Lipinski definition) is 2. The molecule has 1 aliphatic rings. The fourth-order valence-corrected chi connectivity index (χ4v) is 1.35. The molecule has 0 saturated heterocycles. The summed E-state index contributed by atoms with van der Waals surface area (Å²) in [7, 11) is 1.95. The topological polar surface area (TPSA) is 69.6 Å². The van der Waals surface area contributed by atoms with E-state index in [-0.39, 0.29) is 5.91 Å². The van der Waals surface area contributed by atoms with Crippen molar-refractivity contribution >= 4 is 11.9 Å². The number of likely N-dealkylation sites (N-methyl/N-ethyl adjacent to an activating group) is 1. The number of amides is 1. The molecule has 0 radical (unpaired) electrons. The van der Waals surface area contributed by atoms with E-state index in [4.69, 9.17) is 5.11 Å². The van der Waals surface area contributed by atoms with Gasteiger partial charge in [0.2, 0.25) is 5.91 Å². The maximum atomic E-state index is 11.5. The van der Waals surface area contributed by atoms with Crippen LogP contribution in [0.15, 0.2) is 0 Å². The van der Waals surface area contributed by atoms with Gasteiger partial charge in [0.05, 0.1) is 0 Å². The highest BCUT2D eigenvalue weighted by molar-refractivity contribution is 6.04. The molecule has 0 spiro atoms. The Morgan fingerprint density at radius 1 is 1.47 bits per heavy atom. The van der Waals surface area contributed by atoms with Crippen LogP contribution in [-0.4, -0.2) is 48.6 Å². The summed E-state index contributed by atoms with van der Waals surface area (Å²) in [4.78, 5) is 24.4. The van der Waals surface area contributed by atoms with E-state index in [1.54, 1.807) is 0 Å². The van der Waals surface area contributed by atoms with E-state index in [1.807, 2.05) is 14.0 Å². The highest BCUT2D eigenvalue weighted by atomic mass is 16.4. The second-order valence-electron chi connectivity index (χ2n) is 4.04. The molecular formula is C10H18N2O3. The Morgan fingerprint density at radius 2 is 2.07 bits per heavy atom. The van der Waals surface area contributed by atoms with Gasteiger partial charge in [-0.1, -0.05) is 6.92 Å². The van der Waals surface area contributed by atoms with E-state index < -0.39 is 11.4 Å². The Kier molecular flexibility index (Phi) is 3.68. The molecule has 2 N–H and O–H groups in total. The summed E-state index contributed by atoms with van der Waals surface area (Å²) in [5.41, 5.74) is -1.11. The van der Waals surface area contributed by atoms with Gasteiger partial charge in [0, 0.05) is 13.1 Å². The maximum Gasteiger partial charge on any atom is 0.319 e. The van der Waals surface area contributed by atoms with Gasteiger partial charge in [-0.25, -0.2) is 0 Å². The van der Waals surface area contributed by atoms with E-state index in [9.17, 15) is 9.59 Å². The molecule has 1 rings (SSSR count). The smallest absolute Gasteiger partial charge is 0.319 e. The lowest BCUT2D eigenvalue weighted by molar-refractivity contribution is -0.149. The van der Waals surface area contributed by atoms with Gasteiger partial charge >= 0.3 is 5.97 Å². The lowest BCUT2D eigenvalue weighted by atomic mass is 10.1. The first-order valence-electron chi connectivity index (χ1n) is 5.23. The second kappa shape index (κ2) is 4.61. The normalized spacial score (nSPS) is 17.5. The molecule has 1 amide bonds. The third kappa shape index (κ3) is 2.68. The molecule has 86 valence electrons. The van der Waals surface area contributed by atoms with E-state index in [0.717, 1.165) is 13.1 Å². The number of nitrogens with zero attached hydrogens (tertiary/aromatic N) is 1. The van der Waals surface area contributed by atoms with E-state index in [2.05, 4.69) is 10.2 Å². The zero-order valence-corrected chi connectivity index (χ0v) is 9.25. The molecule has 1 aliphatic carbocycles. The SMILES string of the molecule is CCN(C)CCNC(=O)C1(C(=O)O)CC1. The Morgan fingerprint density at radius 3 is 2.47 bits per heavy atom. The minimum absolute atomic E-state index is 0.334. The van der Waals surface area contributed by atoms with Crippen molar-refractivity contribution in [1.29, 1.82) is 0 Å². The molecule has 0 aromatic carbocycles. The van der Waals surface area contributed by atoms with Crippen molar-refractivity contribution < 1.29 is 14.7 Å². The van der Waals surface area contributed by atoms with Gasteiger partial charge in [-0.15, -0.1) is 0 Å². The quantitative estimate of drug-likeness (QED) is 0.607. The number of carboxylic acid groups (broad SMARTS) is 1. The van der Waals surface area contributed by atoms with Crippen molar-refractivity contribution in [2.45, 2.75) is 19.8 Å². The summed E-state index contributed by atoms with van der Waals surface area (Å²) in [6.07, 6.45) is 0.940. The van der Waals surface area contributed by atoms with Gasteiger partial charge < -0.3 is 15.3 Å². The molecule has 0 aliphatic heterocycles. The summed E-state index contributed by atoms with van der Waals surface area (Å²) < 4.78 is 0. The third-order valence-corrected chi connectivity index (χ3v) is 2.91. The molecule has 0 unspecified atom stereocenters. The summed E-state index contributed by atoms with van der Waals surface area (Å²) in [5.74, 6) is -1.33. The van der Waals surface area contributed by atoms with Gasteiger partial charge in [-0.05, 0) is 26.4 Å². The molecule has 0 heterocycles. The minimum atomic E-state index is -1.11. The fourth-order valence-electron chi connectivity index (χ4n) is 1.35. The van der Waals surface area contributed by atoms with E-state index in [1.165, 1.54) is 0 Å². The van der Waals surface area contributed by atoms with Crippen molar-refractivity contribution in [2.75, 3.05) is 26.7 Å². The minimum Gasteiger partial charge on any atom is -0.480 e. The molecule has 0 aromatic rings. The number of rotatable bonds is 6. The first-order valence-corrected chi connectivity index (χ1v) is 5.23. The van der Waals surface area contributed by atoms with Crippen molar-refractivity contribution in [1.82, 2.24) is 10.2 Å². The van der Waals surface area contributed by atoms with Crippen LogP contribution in [0, 0.1) is 5.41 Å². The number of hydrogen-bond acceptors (Lipinski definition) is 3. The summed E-state index contributed by atoms with van der Waals surface area (Å²) in [6, 6.07) is 0. The van der Waals surface area contributed by atoms with Crippen LogP contribution in [0.5, 0.6) is 0 Å². The number of carbonyl (C=O) groups is 2. The van der Waals surface area contributed by atoms with Gasteiger partial charge in [0.25, 0.3) is 0 Å². The lowest BCUT2D eigenvalue weighted by Gasteiger charge is -2.15. The van der Waals surface area contributed by atoms with Gasteiger partial charge in [-0.3, -0.25) is 9.59 Å². The highest BCUT2D eigenvalue weighted by Gasteiger charge is 2.56. The van der Waals surface area contributed by atoms with Crippen molar-refractivity contribution in [3.63, 3.8) is 0 Å². The standard InChI is InChI=1S/C10H18N2O3/c1-3-12(2)7-6-11-8(13)10(4-5-10)9(14)15/h3-7H2,1-2H3,(H,11,13)(H,14,15). The maximum absolute atomic E-state index is 11.5. The largest absolute Gasteiger partial charge is 0.480 e. The Hall–Kier alpha value is -1.10. The van der Waals surface area contributed by atoms with Crippen LogP contribution < -0.4 is 5.32 Å². The molecular weight excluding hydrogens is 196 g/mol. The average Bonchev–Trinajstić information content (AvgIpc) is 2.97. The van der Waals surface area contributed by atoms with Crippen LogP contribution >= 0.6 is 0 Å². The fraction of sp³-hybridized carbons (Fsp3) is 0.800. The van der Waals surface area contributed by atoms with Crippen LogP contribution in [0.1, 0.15) is 19.8 Å². The Bertz CT molecular complexity index is 261. The zero-order valence-electron chi connectivity index (χ0n) is 9.25. The van der Waals surface area contributed by atoms with Crippen molar-refractivity contribution in [3.8, 4) is 0 Å². The van der Waals surface area contributed by atoms with Crippen molar-refractivity contribution in [3.05, 3.63) is 0 Å². The van der Waals surface area contributed by atoms with Crippen molar-refractivity contribution in [2.24, 2.45) is 5.41 Å². The highest BCUT2D eigenvalue weighted by Crippen LogP contribution is 2.45. The van der Waals surface area contributed by atoms with Gasteiger partial charge in [-0.2, -0.15) is 0 Å². The number of carboxylic acids is 1. The summed E-state index contributed by atoms with van der Waals surface area (Å²) in [5, 5.41) is 11.5. The Balaban J connectivity index is 2.28. The molecule has 1 saturated carbocycles. The van der Waals surface area contributed by atoms with E-state index in [0.29, 0.717) is 19.4 Å². The number of aliphatic carboxylic acids is 1. The third-order valence-electron chi connectivity index (χ3n) is 2.91. The first kappa shape index (κ1) is 12.0. The predicted octanol–water partition coefficient (Wildman–Crippen LogP) is -0.0809. The van der Waals surface area contributed by atoms with Crippen LogP contribution in [0.25, 0.3) is 0 Å². The second-order valence-corrected chi connectivity index (χ2v) is 4.04. The van der Waals surface area contributed by atoms with Crippen LogP contribution in [0.3, 0.4) is 0 Å². The summed E-state index contributed by atoms with van der Waals surface area (Å²) >= 11 is 0. The molecule has 0 atom stereocenters. The first-order chi connectivity index (χ1) is 7.03. The van der Waals surface area contributed by atoms with Gasteiger partial charge in [0.15, 0.2) is 0 Å². The monoisotopic (exact) mass is 214 g/mol. The predicted molar refractivity (Wildman–Crippen MR) is 55.5 cm³/mol. The van der Waals surface area contributed by atoms with Crippen LogP contribution in [0.4, 0.5) is 0 Å². The number of carbonyl (C=O) groups excluding carboxylic acids is 1. The van der Waals surface area contributed by atoms with E-state index >= 15 is 0 Å². The molecule has 0 aromatic heterocycles. The Labute approximate surface area is 89.4 Å². The summed E-state index contributed by atoms with van der Waals surface area (Å²) in [6.45, 7) is 4.21. The molecule has 5 nitrogen and oxygen atoms in total. The molecule has 1 fully saturated rings. The van der Waals surface area contributed by atoms with Crippen LogP contribution in [-0.2, 0) is 9.59 Å². The molecule has 0 bridgehead atoms. The number of nitrogens with one attached hydrogen (secondary N) is 1. The average molecular weight is 214 g/mol. The van der Waals surface area contributed by atoms with Crippen LogP contribution in [0.2, 0.25) is 0 Å². The lowest BCUT2D eigenvalue weighted by Crippen LogP contribution is -2.40.